The number of hydrogen-bond acceptors (Lipinski definition) is 6. The predicted octanol–water partition coefficient (Wildman–Crippen LogP) is 1.24. The van der Waals surface area contributed by atoms with E-state index in [1.165, 1.54) is 0 Å². The molecule has 0 radical (unpaired) electrons. The Balaban J connectivity index is 4.82. The topological polar surface area (TPSA) is 93.1 Å². The summed E-state index contributed by atoms with van der Waals surface area (Å²) in [7, 11) is 0. The van der Waals surface area contributed by atoms with Crippen LogP contribution in [0, 0.1) is 0 Å². The predicted molar refractivity (Wildman–Crippen MR) is 54.0 cm³/mol. The molecule has 86 valence electrons. The summed E-state index contributed by atoms with van der Waals surface area (Å²) in [6.07, 6.45) is 1.61. The smallest absolute Gasteiger partial charge is 0.335 e. The van der Waals surface area contributed by atoms with E-state index in [4.69, 9.17) is 10.2 Å². The Labute approximate surface area is 91.4 Å². The molecule has 0 spiro atoms. The van der Waals surface area contributed by atoms with Gasteiger partial charge in [0.05, 0.1) is 0 Å². The van der Waals surface area contributed by atoms with E-state index < -0.39 is 29.4 Å². The molecule has 0 aliphatic carbocycles. The minimum Gasteiger partial charge on any atom is -0.478 e. The van der Waals surface area contributed by atoms with Gasteiger partial charge in [-0.15, -0.1) is 0 Å². The van der Waals surface area contributed by atoms with Crippen LogP contribution in [0.2, 0.25) is 0 Å². The second-order valence-corrected chi connectivity index (χ2v) is 2.33. The maximum atomic E-state index is 10.8. The molecule has 0 aliphatic heterocycles. The fourth-order valence-electron chi connectivity index (χ4n) is 0.579. The maximum absolute atomic E-state index is 10.8. The summed E-state index contributed by atoms with van der Waals surface area (Å²) in [5.41, 5.74) is 0. The summed E-state index contributed by atoms with van der Waals surface area (Å²) in [5, 5.41) is 17.5. The van der Waals surface area contributed by atoms with Crippen LogP contribution in [0.3, 0.4) is 0 Å². The van der Waals surface area contributed by atoms with Crippen LogP contribution in [0.25, 0.3) is 0 Å². The minimum absolute atomic E-state index is 0.542. The molecule has 0 saturated carbocycles. The van der Waals surface area contributed by atoms with Crippen molar-refractivity contribution < 1.29 is 29.3 Å². The Morgan fingerprint density at radius 2 is 1.44 bits per heavy atom. The van der Waals surface area contributed by atoms with E-state index in [0.717, 1.165) is 12.2 Å². The van der Waals surface area contributed by atoms with Crippen LogP contribution < -0.4 is 0 Å². The van der Waals surface area contributed by atoms with Gasteiger partial charge in [0.25, 0.3) is 5.76 Å². The monoisotopic (exact) mass is 226 g/mol. The molecule has 0 atom stereocenters. The number of aliphatic hydroxyl groups is 2. The summed E-state index contributed by atoms with van der Waals surface area (Å²) in [6.45, 7) is 9.38. The summed E-state index contributed by atoms with van der Waals surface area (Å²) >= 11 is 0. The van der Waals surface area contributed by atoms with Gasteiger partial charge < -0.3 is 19.7 Å². The quantitative estimate of drug-likeness (QED) is 0.317. The molecule has 2 N–H and O–H groups in total. The van der Waals surface area contributed by atoms with Crippen molar-refractivity contribution in [2.24, 2.45) is 0 Å². The van der Waals surface area contributed by atoms with Gasteiger partial charge in [0, 0.05) is 12.2 Å². The lowest BCUT2D eigenvalue weighted by Crippen LogP contribution is -2.10. The molecule has 0 bridgehead atoms. The minimum atomic E-state index is -1.35. The van der Waals surface area contributed by atoms with E-state index in [1.54, 1.807) is 0 Å². The lowest BCUT2D eigenvalue weighted by atomic mass is 10.4. The molecule has 0 aromatic carbocycles. The molecule has 0 unspecified atom stereocenters. The van der Waals surface area contributed by atoms with Gasteiger partial charge in [-0.2, -0.15) is 0 Å². The number of hydrogen-bond donors (Lipinski definition) is 2. The van der Waals surface area contributed by atoms with Crippen LogP contribution in [-0.2, 0) is 19.1 Å². The third-order valence-electron chi connectivity index (χ3n) is 1.22. The third kappa shape index (κ3) is 4.14. The molecule has 0 fully saturated rings. The van der Waals surface area contributed by atoms with Crippen molar-refractivity contribution in [3.63, 3.8) is 0 Å². The first-order valence-corrected chi connectivity index (χ1v) is 3.92. The van der Waals surface area contributed by atoms with Gasteiger partial charge in [-0.05, 0) is 0 Å². The maximum Gasteiger partial charge on any atom is 0.335 e. The van der Waals surface area contributed by atoms with Crippen molar-refractivity contribution in [2.45, 2.75) is 0 Å². The van der Waals surface area contributed by atoms with Gasteiger partial charge in [-0.25, -0.2) is 9.59 Å². The normalized spacial score (nSPS) is 8.50. The van der Waals surface area contributed by atoms with Crippen molar-refractivity contribution in [1.29, 1.82) is 0 Å². The molecule has 0 aromatic rings. The Morgan fingerprint density at radius 1 is 1.00 bits per heavy atom. The van der Waals surface area contributed by atoms with Crippen LogP contribution in [0.15, 0.2) is 49.4 Å². The van der Waals surface area contributed by atoms with Crippen molar-refractivity contribution >= 4 is 11.9 Å². The first-order chi connectivity index (χ1) is 7.42. The molecule has 0 rings (SSSR count). The molecule has 6 heteroatoms. The van der Waals surface area contributed by atoms with Gasteiger partial charge >= 0.3 is 17.9 Å². The van der Waals surface area contributed by atoms with E-state index in [2.05, 4.69) is 29.2 Å². The first-order valence-electron chi connectivity index (χ1n) is 3.92. The Bertz CT molecular complexity index is 373. The summed E-state index contributed by atoms with van der Waals surface area (Å²) in [4.78, 5) is 21.5. The van der Waals surface area contributed by atoms with E-state index in [9.17, 15) is 9.59 Å². The SMILES string of the molecule is C=CC(=O)OC(=C)C(OC(=O)C=C)=C(O)O. The van der Waals surface area contributed by atoms with E-state index >= 15 is 0 Å². The molecule has 0 aliphatic rings. The largest absolute Gasteiger partial charge is 0.478 e. The molecular weight excluding hydrogens is 216 g/mol. The molecule has 0 heterocycles. The number of rotatable bonds is 5. The van der Waals surface area contributed by atoms with Crippen molar-refractivity contribution in [3.05, 3.63) is 49.4 Å². The molecule has 0 aromatic heterocycles. The number of aliphatic hydroxyl groups excluding tert-OH is 1. The van der Waals surface area contributed by atoms with Crippen molar-refractivity contribution in [1.82, 2.24) is 0 Å². The highest BCUT2D eigenvalue weighted by Crippen LogP contribution is 2.14. The van der Waals surface area contributed by atoms with Gasteiger partial charge in [-0.3, -0.25) is 0 Å². The van der Waals surface area contributed by atoms with Crippen LogP contribution in [-0.4, -0.2) is 22.2 Å². The molecule has 16 heavy (non-hydrogen) atoms. The number of carbonyl (C=O) groups is 2. The molecule has 6 nitrogen and oxygen atoms in total. The standard InChI is InChI=1S/C10H10O6/c1-4-7(11)15-6(3)9(10(13)14)16-8(12)5-2/h4-5,13-14H,1-3H2. The Kier molecular flexibility index (Phi) is 5.12. The van der Waals surface area contributed by atoms with Gasteiger partial charge in [-0.1, -0.05) is 19.7 Å². The van der Waals surface area contributed by atoms with Crippen LogP contribution in [0.1, 0.15) is 0 Å². The Hall–Kier alpha value is -2.50. The van der Waals surface area contributed by atoms with Crippen LogP contribution >= 0.6 is 0 Å². The highest BCUT2D eigenvalue weighted by atomic mass is 16.6. The van der Waals surface area contributed by atoms with E-state index in [0.29, 0.717) is 0 Å². The highest BCUT2D eigenvalue weighted by Gasteiger charge is 2.17. The number of ether oxygens (including phenoxy) is 2. The zero-order valence-corrected chi connectivity index (χ0v) is 8.30. The second kappa shape index (κ2) is 6.07. The zero-order valence-electron chi connectivity index (χ0n) is 8.30. The van der Waals surface area contributed by atoms with E-state index in [-0.39, 0.29) is 0 Å². The highest BCUT2D eigenvalue weighted by molar-refractivity contribution is 5.84. The Morgan fingerprint density at radius 3 is 1.81 bits per heavy atom. The first kappa shape index (κ1) is 13.5. The average molecular weight is 226 g/mol. The van der Waals surface area contributed by atoms with Crippen molar-refractivity contribution in [2.75, 3.05) is 0 Å². The van der Waals surface area contributed by atoms with Gasteiger partial charge in [0.1, 0.15) is 0 Å². The van der Waals surface area contributed by atoms with Gasteiger partial charge in [0.2, 0.25) is 0 Å². The molecule has 0 saturated heterocycles. The zero-order chi connectivity index (χ0) is 12.7. The average Bonchev–Trinajstić information content (AvgIpc) is 2.24. The molecule has 0 amide bonds. The summed E-state index contributed by atoms with van der Waals surface area (Å²) in [6, 6.07) is 0. The van der Waals surface area contributed by atoms with Gasteiger partial charge in [0.15, 0.2) is 5.76 Å². The summed E-state index contributed by atoms with van der Waals surface area (Å²) in [5.74, 6) is -4.53. The fourth-order valence-corrected chi connectivity index (χ4v) is 0.579. The summed E-state index contributed by atoms with van der Waals surface area (Å²) < 4.78 is 8.81. The van der Waals surface area contributed by atoms with Crippen LogP contribution in [0.4, 0.5) is 0 Å². The third-order valence-corrected chi connectivity index (χ3v) is 1.22. The molecular formula is C10H10O6. The number of esters is 2. The van der Waals surface area contributed by atoms with Crippen molar-refractivity contribution in [3.8, 4) is 0 Å². The number of carbonyl (C=O) groups excluding carboxylic acids is 2. The lowest BCUT2D eigenvalue weighted by molar-refractivity contribution is -0.138. The fraction of sp³-hybridized carbons (Fsp3) is 0. The van der Waals surface area contributed by atoms with Crippen LogP contribution in [0.5, 0.6) is 0 Å². The second-order valence-electron chi connectivity index (χ2n) is 2.33. The lowest BCUT2D eigenvalue weighted by Gasteiger charge is -2.08. The van der Waals surface area contributed by atoms with E-state index in [1.807, 2.05) is 0 Å².